The van der Waals surface area contributed by atoms with Crippen LogP contribution in [-0.4, -0.2) is 8.80 Å². The van der Waals surface area contributed by atoms with Crippen molar-refractivity contribution in [3.63, 3.8) is 0 Å². The summed E-state index contributed by atoms with van der Waals surface area (Å²) in [4.78, 5) is 0. The van der Waals surface area contributed by atoms with E-state index in [2.05, 4.69) is 39.1 Å². The summed E-state index contributed by atoms with van der Waals surface area (Å²) in [7, 11) is -0.453. The smallest absolute Gasteiger partial charge is 0.0428 e. The van der Waals surface area contributed by atoms with Crippen LogP contribution >= 0.6 is 0 Å². The van der Waals surface area contributed by atoms with E-state index in [0.717, 1.165) is 5.54 Å². The van der Waals surface area contributed by atoms with Crippen molar-refractivity contribution in [2.45, 2.75) is 32.5 Å². The molecule has 0 unspecified atom stereocenters. The summed E-state index contributed by atoms with van der Waals surface area (Å²) in [5, 5.41) is 0. The van der Waals surface area contributed by atoms with E-state index in [1.165, 1.54) is 11.1 Å². The van der Waals surface area contributed by atoms with E-state index in [0.29, 0.717) is 0 Å². The molecule has 0 aliphatic heterocycles. The average Bonchev–Trinajstić information content (AvgIpc) is 2.13. The summed E-state index contributed by atoms with van der Waals surface area (Å²) in [5.74, 6) is 0. The maximum atomic E-state index is 2.42. The number of allylic oxidation sites excluding steroid dienone is 4. The Hall–Kier alpha value is -0.303. The van der Waals surface area contributed by atoms with Gasteiger partial charge in [-0.15, -0.1) is 0 Å². The number of hydrogen-bond acceptors (Lipinski definition) is 0. The van der Waals surface area contributed by atoms with Crippen LogP contribution < -0.4 is 0 Å². The third-order valence-electron chi connectivity index (χ3n) is 2.28. The van der Waals surface area contributed by atoms with Crippen molar-refractivity contribution in [3.05, 3.63) is 23.3 Å². The van der Waals surface area contributed by atoms with Crippen LogP contribution in [0.3, 0.4) is 0 Å². The molecule has 1 heteroatoms. The summed E-state index contributed by atoms with van der Waals surface area (Å²) in [6, 6.07) is 0. The van der Waals surface area contributed by atoms with Crippen molar-refractivity contribution in [1.29, 1.82) is 0 Å². The zero-order valence-electron chi connectivity index (χ0n) is 7.31. The first-order chi connectivity index (χ1) is 4.61. The van der Waals surface area contributed by atoms with E-state index in [1.54, 1.807) is 0 Å². The Labute approximate surface area is 65.3 Å². The van der Waals surface area contributed by atoms with Gasteiger partial charge >= 0.3 is 0 Å². The van der Waals surface area contributed by atoms with Gasteiger partial charge in [-0.05, 0) is 19.4 Å². The number of hydrogen-bond donors (Lipinski definition) is 0. The first kappa shape index (κ1) is 7.80. The largest absolute Gasteiger partial charge is 0.0775 e. The lowest BCUT2D eigenvalue weighted by atomic mass is 10.2. The van der Waals surface area contributed by atoms with Gasteiger partial charge in [0.2, 0.25) is 0 Å². The van der Waals surface area contributed by atoms with Crippen molar-refractivity contribution in [2.75, 3.05) is 0 Å². The molecule has 0 aromatic carbocycles. The van der Waals surface area contributed by atoms with E-state index < -0.39 is 8.80 Å². The van der Waals surface area contributed by atoms with Crippen LogP contribution in [0.5, 0.6) is 0 Å². The lowest BCUT2D eigenvalue weighted by Crippen LogP contribution is -2.05. The van der Waals surface area contributed by atoms with Gasteiger partial charge in [-0.3, -0.25) is 0 Å². The zero-order chi connectivity index (χ0) is 7.72. The highest BCUT2D eigenvalue weighted by atomic mass is 28.3. The Balaban J connectivity index is 2.73. The molecule has 1 aliphatic carbocycles. The Morgan fingerprint density at radius 3 is 1.70 bits per heavy atom. The Kier molecular flexibility index (Phi) is 2.14. The summed E-state index contributed by atoms with van der Waals surface area (Å²) in [6.07, 6.45) is 4.85. The monoisotopic (exact) mass is 152 g/mol. The van der Waals surface area contributed by atoms with Crippen LogP contribution in [0.4, 0.5) is 0 Å². The summed E-state index contributed by atoms with van der Waals surface area (Å²) >= 11 is 0. The van der Waals surface area contributed by atoms with E-state index in [4.69, 9.17) is 0 Å². The van der Waals surface area contributed by atoms with Crippen molar-refractivity contribution < 1.29 is 0 Å². The molecule has 0 saturated heterocycles. The highest BCUT2D eigenvalue weighted by Crippen LogP contribution is 2.28. The molecule has 10 heavy (non-hydrogen) atoms. The molecule has 0 aromatic rings. The van der Waals surface area contributed by atoms with E-state index in [1.807, 2.05) is 0 Å². The Morgan fingerprint density at radius 2 is 1.50 bits per heavy atom. The zero-order valence-corrected chi connectivity index (χ0v) is 8.46. The van der Waals surface area contributed by atoms with Crippen LogP contribution in [0.25, 0.3) is 0 Å². The molecule has 0 N–H and O–H groups in total. The maximum absolute atomic E-state index is 2.42. The van der Waals surface area contributed by atoms with Gasteiger partial charge in [-0.2, -0.15) is 0 Å². The van der Waals surface area contributed by atoms with Gasteiger partial charge in [-0.1, -0.05) is 36.4 Å². The maximum Gasteiger partial charge on any atom is 0.0428 e. The minimum atomic E-state index is -0.453. The molecule has 56 valence electrons. The normalized spacial score (nSPS) is 19.7. The molecule has 0 fully saturated rings. The lowest BCUT2D eigenvalue weighted by molar-refractivity contribution is 1.34. The molecule has 0 atom stereocenters. The van der Waals surface area contributed by atoms with Gasteiger partial charge in [-0.25, -0.2) is 0 Å². The fourth-order valence-electron chi connectivity index (χ4n) is 1.27. The third kappa shape index (κ3) is 1.40. The topological polar surface area (TPSA) is 0 Å². The Morgan fingerprint density at radius 1 is 1.10 bits per heavy atom. The van der Waals surface area contributed by atoms with E-state index in [9.17, 15) is 0 Å². The molecule has 0 radical (unpaired) electrons. The van der Waals surface area contributed by atoms with Gasteiger partial charge in [0.15, 0.2) is 0 Å². The molecular formula is C9H16Si. The third-order valence-corrected chi connectivity index (χ3v) is 4.20. The van der Waals surface area contributed by atoms with Crippen molar-refractivity contribution in [2.24, 2.45) is 0 Å². The second kappa shape index (κ2) is 2.75. The standard InChI is InChI=1S/C9H16Si/c1-7-5-9(10(3)4)6-8(7)2/h5-6,9-10H,1-4H3. The predicted molar refractivity (Wildman–Crippen MR) is 50.1 cm³/mol. The minimum Gasteiger partial charge on any atom is -0.0775 e. The SMILES string of the molecule is CC1=CC([SiH](C)C)C=C1C. The highest BCUT2D eigenvalue weighted by molar-refractivity contribution is 6.58. The fourth-order valence-corrected chi connectivity index (χ4v) is 2.62. The Bertz CT molecular complexity index is 169. The van der Waals surface area contributed by atoms with Crippen molar-refractivity contribution in [3.8, 4) is 0 Å². The number of rotatable bonds is 1. The second-order valence-electron chi connectivity index (χ2n) is 3.52. The molecule has 0 aromatic heterocycles. The van der Waals surface area contributed by atoms with Gasteiger partial charge in [0.1, 0.15) is 0 Å². The molecule has 0 heterocycles. The van der Waals surface area contributed by atoms with Crippen molar-refractivity contribution in [1.82, 2.24) is 0 Å². The van der Waals surface area contributed by atoms with Crippen LogP contribution in [0.2, 0.25) is 18.6 Å². The van der Waals surface area contributed by atoms with Gasteiger partial charge in [0, 0.05) is 8.80 Å². The predicted octanol–water partition coefficient (Wildman–Crippen LogP) is 2.75. The summed E-state index contributed by atoms with van der Waals surface area (Å²) in [6.45, 7) is 9.23. The summed E-state index contributed by atoms with van der Waals surface area (Å²) in [5.41, 5.74) is 3.82. The molecule has 1 aliphatic rings. The quantitative estimate of drug-likeness (QED) is 0.507. The first-order valence-electron chi connectivity index (χ1n) is 3.98. The second-order valence-corrected chi connectivity index (χ2v) is 6.78. The van der Waals surface area contributed by atoms with Crippen LogP contribution in [-0.2, 0) is 0 Å². The molecule has 0 nitrogen and oxygen atoms in total. The van der Waals surface area contributed by atoms with Gasteiger partial charge in [0.25, 0.3) is 0 Å². The van der Waals surface area contributed by atoms with E-state index in [-0.39, 0.29) is 0 Å². The van der Waals surface area contributed by atoms with Crippen LogP contribution in [0, 0.1) is 0 Å². The highest BCUT2D eigenvalue weighted by Gasteiger charge is 2.14. The summed E-state index contributed by atoms with van der Waals surface area (Å²) < 4.78 is 0. The molecule has 0 saturated carbocycles. The fraction of sp³-hybridized carbons (Fsp3) is 0.556. The minimum absolute atomic E-state index is 0.453. The molecule has 0 spiro atoms. The van der Waals surface area contributed by atoms with E-state index >= 15 is 0 Å². The van der Waals surface area contributed by atoms with Gasteiger partial charge < -0.3 is 0 Å². The van der Waals surface area contributed by atoms with Crippen LogP contribution in [0.1, 0.15) is 13.8 Å². The average molecular weight is 152 g/mol. The van der Waals surface area contributed by atoms with Crippen LogP contribution in [0.15, 0.2) is 23.3 Å². The van der Waals surface area contributed by atoms with Crippen molar-refractivity contribution >= 4 is 8.80 Å². The lowest BCUT2D eigenvalue weighted by Gasteiger charge is -2.05. The first-order valence-corrected chi connectivity index (χ1v) is 6.96. The molecule has 1 rings (SSSR count). The molecular weight excluding hydrogens is 136 g/mol. The van der Waals surface area contributed by atoms with Gasteiger partial charge in [0.05, 0.1) is 0 Å². The molecule has 0 amide bonds. The molecule has 0 bridgehead atoms.